The Morgan fingerprint density at radius 2 is 2.00 bits per heavy atom. The van der Waals surface area contributed by atoms with Crippen LogP contribution in [0.4, 0.5) is 9.80 Å². The molecule has 1 saturated heterocycles. The first-order chi connectivity index (χ1) is 14.4. The summed E-state index contributed by atoms with van der Waals surface area (Å²) in [4.78, 5) is 50.6. The van der Waals surface area contributed by atoms with Gasteiger partial charge in [0.2, 0.25) is 5.91 Å². The Morgan fingerprint density at radius 1 is 1.27 bits per heavy atom. The summed E-state index contributed by atoms with van der Waals surface area (Å²) in [7, 11) is 1.24. The van der Waals surface area contributed by atoms with E-state index in [-0.39, 0.29) is 16.5 Å². The fraction of sp³-hybridized carbons (Fsp3) is 0.300. The summed E-state index contributed by atoms with van der Waals surface area (Å²) in [6.07, 6.45) is 2.01. The van der Waals surface area contributed by atoms with Crippen molar-refractivity contribution in [1.29, 1.82) is 0 Å². The summed E-state index contributed by atoms with van der Waals surface area (Å²) < 4.78 is 4.88. The average Bonchev–Trinajstić information content (AvgIpc) is 3.21. The van der Waals surface area contributed by atoms with Gasteiger partial charge in [0.25, 0.3) is 5.91 Å². The minimum absolute atomic E-state index is 0.164. The number of methoxy groups -OCH3 is 1. The van der Waals surface area contributed by atoms with E-state index in [1.807, 2.05) is 0 Å². The summed E-state index contributed by atoms with van der Waals surface area (Å²) in [5.74, 6) is -1.61. The molecule has 1 aromatic carbocycles. The fourth-order valence-electron chi connectivity index (χ4n) is 3.63. The minimum atomic E-state index is -0.852. The lowest BCUT2D eigenvalue weighted by atomic mass is 9.77. The molecule has 2 aromatic rings. The number of hydrogen-bond acceptors (Lipinski definition) is 6. The molecule has 156 valence electrons. The Labute approximate surface area is 181 Å². The number of benzene rings is 1. The highest BCUT2D eigenvalue weighted by molar-refractivity contribution is 7.15. The van der Waals surface area contributed by atoms with Gasteiger partial charge in [0.1, 0.15) is 22.6 Å². The maximum absolute atomic E-state index is 12.6. The van der Waals surface area contributed by atoms with E-state index in [9.17, 15) is 19.2 Å². The van der Waals surface area contributed by atoms with Crippen molar-refractivity contribution in [3.05, 3.63) is 40.2 Å². The standard InChI is InChI=1S/C20H18ClN3O5S/c1-29-17(26)15-12(11-5-2-3-6-13(11)21)10-30-16(15)22-14(25)9-24-18(27)20(7-4-8-20)23-19(24)28/h2-3,5-6,10H,4,7-9H2,1H3,(H,22,25)(H,23,28). The van der Waals surface area contributed by atoms with Crippen LogP contribution in [-0.2, 0) is 14.3 Å². The van der Waals surface area contributed by atoms with Crippen LogP contribution in [-0.4, -0.2) is 47.9 Å². The summed E-state index contributed by atoms with van der Waals surface area (Å²) in [5.41, 5.74) is 0.458. The second kappa shape index (κ2) is 7.73. The zero-order valence-electron chi connectivity index (χ0n) is 16.0. The molecule has 2 heterocycles. The molecule has 0 radical (unpaired) electrons. The molecule has 2 fully saturated rings. The van der Waals surface area contributed by atoms with Crippen molar-refractivity contribution >= 4 is 51.8 Å². The highest BCUT2D eigenvalue weighted by atomic mass is 35.5. The lowest BCUT2D eigenvalue weighted by molar-refractivity contribution is -0.136. The van der Waals surface area contributed by atoms with Gasteiger partial charge in [-0.05, 0) is 25.3 Å². The predicted molar refractivity (Wildman–Crippen MR) is 112 cm³/mol. The van der Waals surface area contributed by atoms with E-state index in [1.165, 1.54) is 7.11 Å². The molecular weight excluding hydrogens is 430 g/mol. The summed E-state index contributed by atoms with van der Waals surface area (Å²) in [6.45, 7) is -0.438. The number of carbonyl (C=O) groups excluding carboxylic acids is 4. The molecule has 10 heteroatoms. The molecule has 30 heavy (non-hydrogen) atoms. The Morgan fingerprint density at radius 3 is 2.60 bits per heavy atom. The molecule has 1 aliphatic heterocycles. The van der Waals surface area contributed by atoms with Gasteiger partial charge in [0.05, 0.1) is 7.11 Å². The van der Waals surface area contributed by atoms with Gasteiger partial charge in [-0.3, -0.25) is 14.5 Å². The van der Waals surface area contributed by atoms with Crippen LogP contribution in [0.25, 0.3) is 11.1 Å². The van der Waals surface area contributed by atoms with Crippen LogP contribution in [0.2, 0.25) is 5.02 Å². The smallest absolute Gasteiger partial charge is 0.341 e. The number of imide groups is 1. The van der Waals surface area contributed by atoms with E-state index in [4.69, 9.17) is 16.3 Å². The second-order valence-corrected chi connectivity index (χ2v) is 8.42. The first-order valence-corrected chi connectivity index (χ1v) is 10.5. The zero-order chi connectivity index (χ0) is 21.5. The van der Waals surface area contributed by atoms with E-state index in [0.29, 0.717) is 29.0 Å². The van der Waals surface area contributed by atoms with Gasteiger partial charge in [-0.1, -0.05) is 29.8 Å². The van der Waals surface area contributed by atoms with Gasteiger partial charge in [0, 0.05) is 21.5 Å². The summed E-state index contributed by atoms with van der Waals surface area (Å²) in [5, 5.41) is 7.71. The Kier molecular flexibility index (Phi) is 5.25. The van der Waals surface area contributed by atoms with Crippen molar-refractivity contribution in [3.63, 3.8) is 0 Å². The number of nitrogens with zero attached hydrogens (tertiary/aromatic N) is 1. The Hall–Kier alpha value is -2.91. The Bertz CT molecular complexity index is 1060. The first-order valence-electron chi connectivity index (χ1n) is 9.25. The SMILES string of the molecule is COC(=O)c1c(-c2ccccc2Cl)csc1NC(=O)CN1C(=O)NC2(CCC2)C1=O. The zero-order valence-corrected chi connectivity index (χ0v) is 17.6. The molecule has 1 saturated carbocycles. The van der Waals surface area contributed by atoms with Crippen LogP contribution in [0.15, 0.2) is 29.6 Å². The maximum Gasteiger partial charge on any atom is 0.341 e. The highest BCUT2D eigenvalue weighted by Crippen LogP contribution is 2.39. The number of nitrogens with one attached hydrogen (secondary N) is 2. The molecule has 1 aliphatic carbocycles. The molecule has 1 spiro atoms. The van der Waals surface area contributed by atoms with Crippen molar-refractivity contribution < 1.29 is 23.9 Å². The van der Waals surface area contributed by atoms with E-state index >= 15 is 0 Å². The molecule has 1 aromatic heterocycles. The van der Waals surface area contributed by atoms with Gasteiger partial charge in [-0.15, -0.1) is 11.3 Å². The fourth-order valence-corrected chi connectivity index (χ4v) is 4.83. The average molecular weight is 448 g/mol. The summed E-state index contributed by atoms with van der Waals surface area (Å²) in [6, 6.07) is 6.43. The number of thiophene rings is 1. The third-order valence-corrected chi connectivity index (χ3v) is 6.58. The molecule has 8 nitrogen and oxygen atoms in total. The first kappa shape index (κ1) is 20.4. The number of hydrogen-bond donors (Lipinski definition) is 2. The predicted octanol–water partition coefficient (Wildman–Crippen LogP) is 3.27. The number of anilines is 1. The molecular formula is C20H18ClN3O5S. The minimum Gasteiger partial charge on any atom is -0.465 e. The van der Waals surface area contributed by atoms with Crippen LogP contribution in [0.1, 0.15) is 29.6 Å². The van der Waals surface area contributed by atoms with Crippen molar-refractivity contribution in [1.82, 2.24) is 10.2 Å². The maximum atomic E-state index is 12.6. The van der Waals surface area contributed by atoms with Gasteiger partial charge in [-0.25, -0.2) is 9.59 Å². The van der Waals surface area contributed by atoms with Crippen LogP contribution in [0, 0.1) is 0 Å². The molecule has 2 N–H and O–H groups in total. The molecule has 0 unspecified atom stereocenters. The Balaban J connectivity index is 1.57. The van der Waals surface area contributed by atoms with Gasteiger partial charge in [0.15, 0.2) is 0 Å². The number of ether oxygens (including phenoxy) is 1. The van der Waals surface area contributed by atoms with Gasteiger partial charge >= 0.3 is 12.0 Å². The number of urea groups is 1. The van der Waals surface area contributed by atoms with Crippen molar-refractivity contribution in [2.24, 2.45) is 0 Å². The van der Waals surface area contributed by atoms with Crippen LogP contribution >= 0.6 is 22.9 Å². The monoisotopic (exact) mass is 447 g/mol. The van der Waals surface area contributed by atoms with Crippen LogP contribution < -0.4 is 10.6 Å². The number of halogens is 1. The topological polar surface area (TPSA) is 105 Å². The largest absolute Gasteiger partial charge is 0.465 e. The molecule has 4 amide bonds. The number of amides is 4. The van der Waals surface area contributed by atoms with Crippen molar-refractivity contribution in [2.75, 3.05) is 19.0 Å². The van der Waals surface area contributed by atoms with Crippen molar-refractivity contribution in [2.45, 2.75) is 24.8 Å². The van der Waals surface area contributed by atoms with Crippen LogP contribution in [0.3, 0.4) is 0 Å². The second-order valence-electron chi connectivity index (χ2n) is 7.13. The highest BCUT2D eigenvalue weighted by Gasteiger charge is 2.55. The van der Waals surface area contributed by atoms with Crippen molar-refractivity contribution in [3.8, 4) is 11.1 Å². The molecule has 0 bridgehead atoms. The normalized spacial score (nSPS) is 16.9. The van der Waals surface area contributed by atoms with Crippen LogP contribution in [0.5, 0.6) is 0 Å². The molecule has 4 rings (SSSR count). The van der Waals surface area contributed by atoms with Gasteiger partial charge < -0.3 is 15.4 Å². The third-order valence-electron chi connectivity index (χ3n) is 5.35. The molecule has 0 atom stereocenters. The summed E-state index contributed by atoms with van der Waals surface area (Å²) >= 11 is 7.39. The lowest BCUT2D eigenvalue weighted by Gasteiger charge is -2.34. The van der Waals surface area contributed by atoms with E-state index in [1.54, 1.807) is 29.6 Å². The molecule has 2 aliphatic rings. The van der Waals surface area contributed by atoms with E-state index in [2.05, 4.69) is 10.6 Å². The third kappa shape index (κ3) is 3.33. The van der Waals surface area contributed by atoms with Gasteiger partial charge in [-0.2, -0.15) is 0 Å². The number of carbonyl (C=O) groups is 4. The van der Waals surface area contributed by atoms with E-state index < -0.39 is 30.0 Å². The quantitative estimate of drug-likeness (QED) is 0.540. The number of esters is 1. The van der Waals surface area contributed by atoms with E-state index in [0.717, 1.165) is 22.7 Å². The lowest BCUT2D eigenvalue weighted by Crippen LogP contribution is -2.52. The number of rotatable bonds is 5.